The topological polar surface area (TPSA) is 0 Å². The summed E-state index contributed by atoms with van der Waals surface area (Å²) in [6, 6.07) is 6.15. The Morgan fingerprint density at radius 3 is 2.23 bits per heavy atom. The molecule has 1 aliphatic rings. The summed E-state index contributed by atoms with van der Waals surface area (Å²) in [4.78, 5) is 1.00. The number of hydrogen-bond donors (Lipinski definition) is 1. The largest absolute Gasteiger partial charge is 0.143 e. The van der Waals surface area contributed by atoms with Crippen molar-refractivity contribution in [1.82, 2.24) is 0 Å². The summed E-state index contributed by atoms with van der Waals surface area (Å²) in [5.41, 5.74) is 2.45. The van der Waals surface area contributed by atoms with Crippen LogP contribution in [-0.4, -0.2) is 0 Å². The van der Waals surface area contributed by atoms with Crippen LogP contribution in [0.25, 0.3) is 12.2 Å². The SMILES string of the molecule is Sc1ccc2c(c1)C=CC=CC=C2. The lowest BCUT2D eigenvalue weighted by atomic mass is 10.1. The first-order valence-corrected chi connectivity index (χ1v) is 4.65. The molecule has 1 aromatic carbocycles. The molecule has 0 radical (unpaired) electrons. The summed E-state index contributed by atoms with van der Waals surface area (Å²) in [6.45, 7) is 0. The van der Waals surface area contributed by atoms with Gasteiger partial charge in [-0.1, -0.05) is 42.5 Å². The van der Waals surface area contributed by atoms with Gasteiger partial charge in [0.05, 0.1) is 0 Å². The van der Waals surface area contributed by atoms with Gasteiger partial charge in [0.1, 0.15) is 0 Å². The van der Waals surface area contributed by atoms with E-state index in [2.05, 4.69) is 36.9 Å². The third-order valence-corrected chi connectivity index (χ3v) is 2.23. The third kappa shape index (κ3) is 1.93. The quantitative estimate of drug-likeness (QED) is 0.588. The van der Waals surface area contributed by atoms with E-state index in [1.807, 2.05) is 30.4 Å². The summed E-state index contributed by atoms with van der Waals surface area (Å²) in [5.74, 6) is 0. The Balaban J connectivity index is 2.56. The number of fused-ring (bicyclic) bond motifs is 1. The van der Waals surface area contributed by atoms with Crippen LogP contribution in [0.4, 0.5) is 0 Å². The highest BCUT2D eigenvalue weighted by atomic mass is 32.1. The standard InChI is InChI=1S/C12H10S/c13-12-8-7-10-5-3-1-2-4-6-11(10)9-12/h1-9,13H. The van der Waals surface area contributed by atoms with Gasteiger partial charge in [-0.2, -0.15) is 0 Å². The summed E-state index contributed by atoms with van der Waals surface area (Å²) in [6.07, 6.45) is 12.3. The van der Waals surface area contributed by atoms with E-state index in [0.29, 0.717) is 0 Å². The fourth-order valence-corrected chi connectivity index (χ4v) is 1.52. The van der Waals surface area contributed by atoms with Crippen molar-refractivity contribution in [2.24, 2.45) is 0 Å². The zero-order chi connectivity index (χ0) is 9.10. The molecule has 0 nitrogen and oxygen atoms in total. The second-order valence-electron chi connectivity index (χ2n) is 2.92. The van der Waals surface area contributed by atoms with Gasteiger partial charge in [-0.15, -0.1) is 12.6 Å². The van der Waals surface area contributed by atoms with E-state index < -0.39 is 0 Å². The second-order valence-corrected chi connectivity index (χ2v) is 3.43. The molecule has 0 fully saturated rings. The predicted octanol–water partition coefficient (Wildman–Crippen LogP) is 3.57. The van der Waals surface area contributed by atoms with Gasteiger partial charge < -0.3 is 0 Å². The Kier molecular flexibility index (Phi) is 2.37. The minimum atomic E-state index is 1.00. The minimum absolute atomic E-state index is 1.00. The van der Waals surface area contributed by atoms with Crippen molar-refractivity contribution in [1.29, 1.82) is 0 Å². The molecule has 0 N–H and O–H groups in total. The minimum Gasteiger partial charge on any atom is -0.143 e. The van der Waals surface area contributed by atoms with Gasteiger partial charge in [-0.25, -0.2) is 0 Å². The number of rotatable bonds is 0. The van der Waals surface area contributed by atoms with Crippen LogP contribution in [0.15, 0.2) is 47.4 Å². The zero-order valence-electron chi connectivity index (χ0n) is 7.14. The van der Waals surface area contributed by atoms with E-state index in [9.17, 15) is 0 Å². The molecular formula is C12H10S. The van der Waals surface area contributed by atoms with Crippen molar-refractivity contribution >= 4 is 24.8 Å². The van der Waals surface area contributed by atoms with E-state index >= 15 is 0 Å². The molecule has 2 rings (SSSR count). The van der Waals surface area contributed by atoms with Gasteiger partial charge in [0.2, 0.25) is 0 Å². The van der Waals surface area contributed by atoms with Crippen molar-refractivity contribution in [3.05, 3.63) is 53.6 Å². The van der Waals surface area contributed by atoms with Gasteiger partial charge in [0, 0.05) is 4.90 Å². The van der Waals surface area contributed by atoms with Crippen LogP contribution in [0.1, 0.15) is 11.1 Å². The fraction of sp³-hybridized carbons (Fsp3) is 0. The lowest BCUT2D eigenvalue weighted by Gasteiger charge is -2.02. The molecule has 0 aliphatic heterocycles. The fourth-order valence-electron chi connectivity index (χ4n) is 1.31. The molecule has 0 unspecified atom stereocenters. The summed E-state index contributed by atoms with van der Waals surface area (Å²) >= 11 is 4.30. The smallest absolute Gasteiger partial charge is 0.00463 e. The molecule has 0 bridgehead atoms. The maximum Gasteiger partial charge on any atom is 0.00463 e. The molecule has 0 aromatic heterocycles. The lowest BCUT2D eigenvalue weighted by molar-refractivity contribution is 1.44. The van der Waals surface area contributed by atoms with Crippen molar-refractivity contribution in [3.8, 4) is 0 Å². The van der Waals surface area contributed by atoms with Crippen LogP contribution in [0.2, 0.25) is 0 Å². The Hall–Kier alpha value is -1.21. The van der Waals surface area contributed by atoms with Crippen LogP contribution in [0, 0.1) is 0 Å². The van der Waals surface area contributed by atoms with E-state index in [0.717, 1.165) is 4.90 Å². The third-order valence-electron chi connectivity index (χ3n) is 1.96. The molecule has 0 heterocycles. The summed E-state index contributed by atoms with van der Waals surface area (Å²) < 4.78 is 0. The number of allylic oxidation sites excluding steroid dienone is 4. The highest BCUT2D eigenvalue weighted by Gasteiger charge is 1.96. The number of thiol groups is 1. The molecule has 64 valence electrons. The average Bonchev–Trinajstić information content (AvgIpc) is 2.08. The maximum absolute atomic E-state index is 4.30. The van der Waals surface area contributed by atoms with E-state index in [4.69, 9.17) is 0 Å². The van der Waals surface area contributed by atoms with Crippen LogP contribution in [-0.2, 0) is 0 Å². The Labute approximate surface area is 83.7 Å². The molecule has 0 spiro atoms. The van der Waals surface area contributed by atoms with Gasteiger partial charge in [-0.05, 0) is 23.3 Å². The molecule has 0 atom stereocenters. The van der Waals surface area contributed by atoms with E-state index in [1.54, 1.807) is 0 Å². The first-order valence-electron chi connectivity index (χ1n) is 4.21. The first kappa shape index (κ1) is 8.39. The van der Waals surface area contributed by atoms with Crippen LogP contribution >= 0.6 is 12.6 Å². The molecule has 1 aromatic rings. The first-order chi connectivity index (χ1) is 6.36. The monoisotopic (exact) mass is 186 g/mol. The zero-order valence-corrected chi connectivity index (χ0v) is 8.04. The van der Waals surface area contributed by atoms with Crippen molar-refractivity contribution in [2.75, 3.05) is 0 Å². The molecule has 0 saturated carbocycles. The van der Waals surface area contributed by atoms with Crippen LogP contribution in [0.3, 0.4) is 0 Å². The Morgan fingerprint density at radius 1 is 0.769 bits per heavy atom. The van der Waals surface area contributed by atoms with Gasteiger partial charge >= 0.3 is 0 Å². The summed E-state index contributed by atoms with van der Waals surface area (Å²) in [7, 11) is 0. The van der Waals surface area contributed by atoms with Gasteiger partial charge in [0.25, 0.3) is 0 Å². The average molecular weight is 186 g/mol. The lowest BCUT2D eigenvalue weighted by Crippen LogP contribution is -1.81. The molecule has 0 saturated heterocycles. The maximum atomic E-state index is 4.30. The van der Waals surface area contributed by atoms with Crippen molar-refractivity contribution in [3.63, 3.8) is 0 Å². The molecule has 0 amide bonds. The van der Waals surface area contributed by atoms with Crippen molar-refractivity contribution < 1.29 is 0 Å². The van der Waals surface area contributed by atoms with Crippen molar-refractivity contribution in [2.45, 2.75) is 4.90 Å². The van der Waals surface area contributed by atoms with E-state index in [-0.39, 0.29) is 0 Å². The second kappa shape index (κ2) is 3.67. The number of hydrogen-bond acceptors (Lipinski definition) is 1. The molecular weight excluding hydrogens is 176 g/mol. The molecule has 1 heteroatoms. The molecule has 1 aliphatic carbocycles. The van der Waals surface area contributed by atoms with Crippen LogP contribution in [0.5, 0.6) is 0 Å². The normalized spacial score (nSPS) is 13.6. The Morgan fingerprint density at radius 2 is 1.46 bits per heavy atom. The van der Waals surface area contributed by atoms with E-state index in [1.165, 1.54) is 11.1 Å². The summed E-state index contributed by atoms with van der Waals surface area (Å²) in [5, 5.41) is 0. The molecule has 13 heavy (non-hydrogen) atoms. The highest BCUT2D eigenvalue weighted by molar-refractivity contribution is 7.80. The van der Waals surface area contributed by atoms with Gasteiger partial charge in [-0.3, -0.25) is 0 Å². The predicted molar refractivity (Wildman–Crippen MR) is 60.9 cm³/mol. The Bertz CT molecular complexity index is 398. The number of benzene rings is 1. The highest BCUT2D eigenvalue weighted by Crippen LogP contribution is 2.18. The van der Waals surface area contributed by atoms with Crippen LogP contribution < -0.4 is 0 Å². The van der Waals surface area contributed by atoms with Gasteiger partial charge in [0.15, 0.2) is 0 Å².